The van der Waals surface area contributed by atoms with Crippen LogP contribution < -0.4 is 10.6 Å². The van der Waals surface area contributed by atoms with Gasteiger partial charge in [-0.15, -0.1) is 0 Å². The Morgan fingerprint density at radius 1 is 0.586 bits per heavy atom. The van der Waals surface area contributed by atoms with Gasteiger partial charge in [0.15, 0.2) is 11.6 Å². The molecule has 364 valence electrons. The maximum absolute atomic E-state index is 14.4. The molecule has 6 aromatic rings. The summed E-state index contributed by atoms with van der Waals surface area (Å²) in [7, 11) is 1.26. The molecule has 3 heterocycles. The first-order chi connectivity index (χ1) is 34.1. The van der Waals surface area contributed by atoms with Crippen LogP contribution in [0.1, 0.15) is 124 Å². The number of likely N-dealkylation sites (tertiary alicyclic amines) is 2. The second-order valence-corrected chi connectivity index (χ2v) is 18.9. The Labute approximate surface area is 410 Å². The van der Waals surface area contributed by atoms with Crippen LogP contribution >= 0.6 is 0 Å². The molecule has 12 heteroatoms. The number of rotatable bonds is 20. The van der Waals surface area contributed by atoms with E-state index in [1.165, 1.54) is 26.0 Å². The Morgan fingerprint density at radius 2 is 1.04 bits per heavy atom. The van der Waals surface area contributed by atoms with Crippen molar-refractivity contribution < 1.29 is 33.5 Å². The second-order valence-electron chi connectivity index (χ2n) is 18.9. The van der Waals surface area contributed by atoms with Gasteiger partial charge in [-0.1, -0.05) is 154 Å². The number of ketones is 2. The molecule has 12 nitrogen and oxygen atoms in total. The molecule has 1 unspecified atom stereocenters. The first-order valence-corrected chi connectivity index (χ1v) is 25.0. The largest absolute Gasteiger partial charge is 0.453 e. The van der Waals surface area contributed by atoms with Gasteiger partial charge in [0.1, 0.15) is 12.1 Å². The molecule has 0 radical (unpaired) electrons. The predicted octanol–water partition coefficient (Wildman–Crippen LogP) is 9.92. The molecule has 0 bridgehead atoms. The molecule has 2 aliphatic rings. The highest BCUT2D eigenvalue weighted by Gasteiger charge is 2.40. The fraction of sp³-hybridized carbons (Fsp3) is 0.379. The van der Waals surface area contributed by atoms with Crippen LogP contribution in [0.4, 0.5) is 4.79 Å². The van der Waals surface area contributed by atoms with Gasteiger partial charge in [-0.05, 0) is 72.1 Å². The molecular formula is C58H65N5O7. The van der Waals surface area contributed by atoms with E-state index in [-0.39, 0.29) is 48.2 Å². The van der Waals surface area contributed by atoms with Gasteiger partial charge in [-0.2, -0.15) is 0 Å². The van der Waals surface area contributed by atoms with Crippen LogP contribution in [0.5, 0.6) is 0 Å². The highest BCUT2D eigenvalue weighted by Crippen LogP contribution is 2.38. The molecule has 5 atom stereocenters. The highest BCUT2D eigenvalue weighted by atomic mass is 16.5. The molecule has 2 N–H and O–H groups in total. The van der Waals surface area contributed by atoms with E-state index in [0.717, 1.165) is 65.0 Å². The quantitative estimate of drug-likeness (QED) is 0.0725. The number of amides is 4. The van der Waals surface area contributed by atoms with Crippen molar-refractivity contribution in [1.82, 2.24) is 25.0 Å². The van der Waals surface area contributed by atoms with Crippen molar-refractivity contribution in [3.8, 4) is 0 Å². The number of unbranched alkanes of at least 4 members (excludes halogenated alkanes) is 4. The van der Waals surface area contributed by atoms with Gasteiger partial charge < -0.3 is 29.7 Å². The highest BCUT2D eigenvalue weighted by molar-refractivity contribution is 6.09. The fourth-order valence-electron chi connectivity index (χ4n) is 10.7. The molecule has 70 heavy (non-hydrogen) atoms. The van der Waals surface area contributed by atoms with Crippen LogP contribution in [0.3, 0.4) is 0 Å². The summed E-state index contributed by atoms with van der Waals surface area (Å²) in [4.78, 5) is 85.2. The Bertz CT molecular complexity index is 2810. The van der Waals surface area contributed by atoms with Gasteiger partial charge in [-0.3, -0.25) is 24.0 Å². The number of carbonyl (C=O) groups excluding carboxylic acids is 6. The molecule has 8 rings (SSSR count). The van der Waals surface area contributed by atoms with Gasteiger partial charge >= 0.3 is 6.09 Å². The van der Waals surface area contributed by atoms with Crippen molar-refractivity contribution in [3.05, 3.63) is 155 Å². The molecule has 0 spiro atoms. The number of Topliss-reactive ketones (excluding diaryl/α,β-unsaturated/α-hetero) is 2. The first-order valence-electron chi connectivity index (χ1n) is 25.0. The van der Waals surface area contributed by atoms with Gasteiger partial charge in [0, 0.05) is 54.7 Å². The Balaban J connectivity index is 1.12. The van der Waals surface area contributed by atoms with Crippen molar-refractivity contribution in [3.63, 3.8) is 0 Å². The smallest absolute Gasteiger partial charge is 0.407 e. The Kier molecular flexibility index (Phi) is 16.2. The van der Waals surface area contributed by atoms with E-state index < -0.39 is 30.3 Å². The topological polar surface area (TPSA) is 147 Å². The normalized spacial score (nSPS) is 17.0. The third-order valence-electron chi connectivity index (χ3n) is 14.1. The zero-order chi connectivity index (χ0) is 49.1. The maximum Gasteiger partial charge on any atom is 0.407 e. The number of nitrogens with one attached hydrogen (secondary N) is 2. The van der Waals surface area contributed by atoms with Gasteiger partial charge in [0.25, 0.3) is 5.91 Å². The zero-order valence-corrected chi connectivity index (χ0v) is 40.6. The lowest BCUT2D eigenvalue weighted by atomic mass is 9.98. The molecule has 0 aliphatic carbocycles. The molecule has 2 fully saturated rings. The van der Waals surface area contributed by atoms with E-state index in [2.05, 4.69) is 70.7 Å². The van der Waals surface area contributed by atoms with Crippen molar-refractivity contribution in [2.45, 2.75) is 121 Å². The average molecular weight is 944 g/mol. The lowest BCUT2D eigenvalue weighted by Gasteiger charge is -2.29. The van der Waals surface area contributed by atoms with Crippen LogP contribution in [0.2, 0.25) is 0 Å². The number of hydrogen-bond donors (Lipinski definition) is 2. The Morgan fingerprint density at radius 3 is 1.50 bits per heavy atom. The number of fused-ring (bicyclic) bond motifs is 3. The minimum absolute atomic E-state index is 0.0468. The van der Waals surface area contributed by atoms with E-state index >= 15 is 0 Å². The number of hydrogen-bond acceptors (Lipinski definition) is 7. The van der Waals surface area contributed by atoms with E-state index in [1.54, 1.807) is 34.1 Å². The molecule has 4 amide bonds. The summed E-state index contributed by atoms with van der Waals surface area (Å²) in [6.07, 6.45) is 8.45. The summed E-state index contributed by atoms with van der Waals surface area (Å²) >= 11 is 0. The van der Waals surface area contributed by atoms with E-state index in [4.69, 9.17) is 4.74 Å². The number of benzene rings is 5. The lowest BCUT2D eigenvalue weighted by molar-refractivity contribution is -0.140. The minimum Gasteiger partial charge on any atom is -0.453 e. The molecule has 2 aliphatic heterocycles. The van der Waals surface area contributed by atoms with E-state index in [0.29, 0.717) is 49.9 Å². The van der Waals surface area contributed by atoms with Crippen molar-refractivity contribution in [2.24, 2.45) is 0 Å². The molecular weight excluding hydrogens is 879 g/mol. The minimum atomic E-state index is -1.01. The summed E-state index contributed by atoms with van der Waals surface area (Å²) in [6.45, 7) is 4.45. The van der Waals surface area contributed by atoms with Crippen LogP contribution in [-0.2, 0) is 41.6 Å². The predicted molar refractivity (Wildman–Crippen MR) is 272 cm³/mol. The summed E-state index contributed by atoms with van der Waals surface area (Å²) in [5.74, 6) is -1.07. The zero-order valence-electron chi connectivity index (χ0n) is 40.6. The molecule has 0 saturated carbocycles. The Hall–Kier alpha value is -7.08. The third kappa shape index (κ3) is 11.2. The van der Waals surface area contributed by atoms with Gasteiger partial charge in [-0.25, -0.2) is 4.79 Å². The van der Waals surface area contributed by atoms with Crippen LogP contribution in [0.25, 0.3) is 21.8 Å². The number of nitrogens with zero attached hydrogens (tertiary/aromatic N) is 3. The van der Waals surface area contributed by atoms with Crippen LogP contribution in [0.15, 0.2) is 127 Å². The lowest BCUT2D eigenvalue weighted by Crippen LogP contribution is -2.47. The van der Waals surface area contributed by atoms with E-state index in [9.17, 15) is 28.8 Å². The molecule has 5 aromatic carbocycles. The number of carbonyl (C=O) groups is 6. The van der Waals surface area contributed by atoms with Gasteiger partial charge in [0.05, 0.1) is 25.2 Å². The summed E-state index contributed by atoms with van der Waals surface area (Å²) in [6, 6.07) is 37.9. The average Bonchev–Trinajstić information content (AvgIpc) is 4.15. The molecule has 1 aromatic heterocycles. The summed E-state index contributed by atoms with van der Waals surface area (Å²) < 4.78 is 7.28. The summed E-state index contributed by atoms with van der Waals surface area (Å²) in [5.41, 5.74) is 6.08. The third-order valence-corrected chi connectivity index (χ3v) is 14.1. The SMILES string of the molecule is CCCCCCCC(c1ccccc1)n1c2cc(CC(=O)[C@@H]3CCCN3C(=O)[C@H](NC(C)=O)c3ccccc3)ccc2c2ccc(CC(=O)[C@@H]3CCCN3C(=O)[C@H](NC(=O)OC)c3ccccc3)cc21. The van der Waals surface area contributed by atoms with E-state index in [1.807, 2.05) is 54.6 Å². The maximum atomic E-state index is 14.4. The number of methoxy groups -OCH3 is 1. The molecule has 2 saturated heterocycles. The van der Waals surface area contributed by atoms with Crippen LogP contribution in [0, 0.1) is 0 Å². The monoisotopic (exact) mass is 943 g/mol. The summed E-state index contributed by atoms with van der Waals surface area (Å²) in [5, 5.41) is 7.59. The first kappa shape index (κ1) is 49.3. The number of aromatic nitrogens is 1. The van der Waals surface area contributed by atoms with Crippen molar-refractivity contribution in [2.75, 3.05) is 20.2 Å². The van der Waals surface area contributed by atoms with Crippen LogP contribution in [-0.4, -0.2) is 82.0 Å². The van der Waals surface area contributed by atoms with Crippen molar-refractivity contribution >= 4 is 57.2 Å². The number of ether oxygens (including phenoxy) is 1. The second kappa shape index (κ2) is 23.0. The van der Waals surface area contributed by atoms with Gasteiger partial charge in [0.2, 0.25) is 11.8 Å². The van der Waals surface area contributed by atoms with Crippen molar-refractivity contribution in [1.29, 1.82) is 0 Å². The number of alkyl carbamates (subject to hydrolysis) is 1. The standard InChI is InChI=1S/C58H65N5O7/c1-4-5-6-7-17-26-47(42-20-11-8-12-21-42)63-50-35-40(37-52(65)48-27-18-33-61(48)56(67)54(59-39(2)64)43-22-13-9-14-23-43)29-31-45(50)46-32-30-41(36-51(46)63)38-53(66)49-28-19-34-62(49)57(68)55(60-58(69)70-3)44-24-15-10-16-25-44/h8-16,20-25,29-32,35-36,47-49,54-55H,4-7,17-19,26-28,33-34,37-38H2,1-3H3,(H,59,64)(H,60,69)/t47?,48-,49-,54+,55+/m0/s1. The fourth-order valence-corrected chi connectivity index (χ4v) is 10.7.